The van der Waals surface area contributed by atoms with E-state index in [0.29, 0.717) is 6.42 Å². The summed E-state index contributed by atoms with van der Waals surface area (Å²) in [5.41, 5.74) is 1.76. The molecule has 0 radical (unpaired) electrons. The van der Waals surface area contributed by atoms with Crippen LogP contribution in [-0.4, -0.2) is 0 Å². The van der Waals surface area contributed by atoms with Gasteiger partial charge in [0.2, 0.25) is 0 Å². The Morgan fingerprint density at radius 2 is 1.50 bits per heavy atom. The van der Waals surface area contributed by atoms with Crippen molar-refractivity contribution in [1.29, 1.82) is 0 Å². The maximum atomic E-state index is 13.1. The van der Waals surface area contributed by atoms with Crippen LogP contribution in [0.15, 0.2) is 60.7 Å². The molecule has 28 heavy (non-hydrogen) atoms. The van der Waals surface area contributed by atoms with Gasteiger partial charge in [0.15, 0.2) is 0 Å². The molecule has 0 spiro atoms. The molecule has 0 saturated carbocycles. The SMILES string of the molecule is CCCCCCCCCCCCC1(C=C(F)F)C=CC(c2ccccc2)=CC1. The van der Waals surface area contributed by atoms with Crippen molar-refractivity contribution in [2.24, 2.45) is 5.41 Å². The Hall–Kier alpha value is -1.70. The van der Waals surface area contributed by atoms with E-state index in [9.17, 15) is 8.78 Å². The highest BCUT2D eigenvalue weighted by Crippen LogP contribution is 2.40. The van der Waals surface area contributed by atoms with Crippen LogP contribution in [0, 0.1) is 5.41 Å². The molecule has 1 unspecified atom stereocenters. The molecule has 0 aliphatic heterocycles. The van der Waals surface area contributed by atoms with Gasteiger partial charge in [-0.25, -0.2) is 0 Å². The van der Waals surface area contributed by atoms with Crippen molar-refractivity contribution < 1.29 is 8.78 Å². The van der Waals surface area contributed by atoms with E-state index in [1.54, 1.807) is 0 Å². The fourth-order valence-corrected chi connectivity index (χ4v) is 4.06. The number of hydrogen-bond acceptors (Lipinski definition) is 0. The van der Waals surface area contributed by atoms with Crippen LogP contribution in [0.1, 0.15) is 89.5 Å². The maximum Gasteiger partial charge on any atom is 0.267 e. The first kappa shape index (κ1) is 22.6. The highest BCUT2D eigenvalue weighted by atomic mass is 19.3. The second-order valence-corrected chi connectivity index (χ2v) is 8.16. The molecular formula is C26H36F2. The zero-order valence-electron chi connectivity index (χ0n) is 17.4. The molecule has 0 saturated heterocycles. The number of halogens is 2. The maximum absolute atomic E-state index is 13.1. The van der Waals surface area contributed by atoms with Gasteiger partial charge in [0.25, 0.3) is 6.08 Å². The van der Waals surface area contributed by atoms with Crippen LogP contribution < -0.4 is 0 Å². The van der Waals surface area contributed by atoms with Crippen LogP contribution >= 0.6 is 0 Å². The molecule has 0 fully saturated rings. The third-order valence-corrected chi connectivity index (χ3v) is 5.80. The van der Waals surface area contributed by atoms with Crippen LogP contribution in [-0.2, 0) is 0 Å². The summed E-state index contributed by atoms with van der Waals surface area (Å²) in [5.74, 6) is 0. The summed E-state index contributed by atoms with van der Waals surface area (Å²) in [5, 5.41) is 0. The van der Waals surface area contributed by atoms with Gasteiger partial charge in [-0.2, -0.15) is 8.78 Å². The summed E-state index contributed by atoms with van der Waals surface area (Å²) in [7, 11) is 0. The molecule has 0 amide bonds. The lowest BCUT2D eigenvalue weighted by Crippen LogP contribution is -2.17. The Labute approximate surface area is 170 Å². The van der Waals surface area contributed by atoms with E-state index in [2.05, 4.69) is 25.1 Å². The van der Waals surface area contributed by atoms with Gasteiger partial charge in [0, 0.05) is 5.41 Å². The second kappa shape index (κ2) is 12.7. The molecule has 0 nitrogen and oxygen atoms in total. The Kier molecular flexibility index (Phi) is 10.2. The molecule has 0 N–H and O–H groups in total. The van der Waals surface area contributed by atoms with Crippen LogP contribution in [0.5, 0.6) is 0 Å². The van der Waals surface area contributed by atoms with E-state index < -0.39 is 11.5 Å². The van der Waals surface area contributed by atoms with Crippen molar-refractivity contribution in [3.05, 3.63) is 66.3 Å². The first-order valence-electron chi connectivity index (χ1n) is 11.1. The van der Waals surface area contributed by atoms with Gasteiger partial charge >= 0.3 is 0 Å². The lowest BCUT2D eigenvalue weighted by molar-refractivity contribution is 0.365. The standard InChI is InChI=1S/C26H36F2/c1-2-3-4-5-6-7-8-9-10-14-19-26(22-25(27)28)20-17-24(18-21-26)23-15-12-11-13-16-23/h11-13,15-18,20,22H,2-10,14,19,21H2,1H3. The number of unbranched alkanes of at least 4 members (excludes halogenated alkanes) is 9. The first-order chi connectivity index (χ1) is 13.7. The molecule has 2 rings (SSSR count). The van der Waals surface area contributed by atoms with Crippen LogP contribution in [0.25, 0.3) is 5.57 Å². The second-order valence-electron chi connectivity index (χ2n) is 8.16. The first-order valence-corrected chi connectivity index (χ1v) is 11.1. The molecule has 1 aliphatic rings. The van der Waals surface area contributed by atoms with Crippen molar-refractivity contribution in [2.45, 2.75) is 84.0 Å². The lowest BCUT2D eigenvalue weighted by Gasteiger charge is -2.29. The third-order valence-electron chi connectivity index (χ3n) is 5.80. The summed E-state index contributed by atoms with van der Waals surface area (Å²) < 4.78 is 26.2. The molecule has 0 aromatic heterocycles. The van der Waals surface area contributed by atoms with Crippen molar-refractivity contribution >= 4 is 5.57 Å². The molecule has 0 heterocycles. The predicted molar refractivity (Wildman–Crippen MR) is 117 cm³/mol. The number of rotatable bonds is 13. The smallest absolute Gasteiger partial charge is 0.174 e. The van der Waals surface area contributed by atoms with Crippen molar-refractivity contribution in [2.75, 3.05) is 0 Å². The Balaban J connectivity index is 1.75. The summed E-state index contributed by atoms with van der Waals surface area (Å²) >= 11 is 0. The molecule has 1 aliphatic carbocycles. The van der Waals surface area contributed by atoms with Gasteiger partial charge < -0.3 is 0 Å². The van der Waals surface area contributed by atoms with Gasteiger partial charge in [0.1, 0.15) is 0 Å². The van der Waals surface area contributed by atoms with Crippen LogP contribution in [0.4, 0.5) is 8.78 Å². The Morgan fingerprint density at radius 3 is 2.04 bits per heavy atom. The molecular weight excluding hydrogens is 350 g/mol. The average molecular weight is 387 g/mol. The summed E-state index contributed by atoms with van der Waals surface area (Å²) in [6.07, 6.45) is 19.9. The monoisotopic (exact) mass is 386 g/mol. The van der Waals surface area contributed by atoms with Gasteiger partial charge in [-0.05, 0) is 30.1 Å². The fraction of sp³-hybridized carbons (Fsp3) is 0.538. The van der Waals surface area contributed by atoms with Crippen molar-refractivity contribution in [3.63, 3.8) is 0 Å². The molecule has 1 aromatic rings. The van der Waals surface area contributed by atoms with E-state index in [-0.39, 0.29) is 0 Å². The lowest BCUT2D eigenvalue weighted by atomic mass is 9.75. The van der Waals surface area contributed by atoms with Gasteiger partial charge in [-0.15, -0.1) is 0 Å². The third kappa shape index (κ3) is 8.12. The Morgan fingerprint density at radius 1 is 0.893 bits per heavy atom. The van der Waals surface area contributed by atoms with Crippen LogP contribution in [0.3, 0.4) is 0 Å². The molecule has 154 valence electrons. The number of hydrogen-bond donors (Lipinski definition) is 0. The van der Waals surface area contributed by atoms with Gasteiger partial charge in [0.05, 0.1) is 0 Å². The predicted octanol–water partition coefficient (Wildman–Crippen LogP) is 9.11. The van der Waals surface area contributed by atoms with E-state index in [1.807, 2.05) is 30.4 Å². The highest BCUT2D eigenvalue weighted by Gasteiger charge is 2.27. The summed E-state index contributed by atoms with van der Waals surface area (Å²) in [4.78, 5) is 0. The van der Waals surface area contributed by atoms with Crippen LogP contribution in [0.2, 0.25) is 0 Å². The summed E-state index contributed by atoms with van der Waals surface area (Å²) in [6.45, 7) is 2.25. The Bertz CT molecular complexity index is 638. The van der Waals surface area contributed by atoms with E-state index >= 15 is 0 Å². The molecule has 2 heteroatoms. The summed E-state index contributed by atoms with van der Waals surface area (Å²) in [6, 6.07) is 10.1. The largest absolute Gasteiger partial charge is 0.267 e. The highest BCUT2D eigenvalue weighted by molar-refractivity contribution is 5.75. The average Bonchev–Trinajstić information content (AvgIpc) is 2.70. The zero-order valence-corrected chi connectivity index (χ0v) is 17.4. The quantitative estimate of drug-likeness (QED) is 0.296. The minimum Gasteiger partial charge on any atom is -0.174 e. The van der Waals surface area contributed by atoms with Gasteiger partial charge in [-0.1, -0.05) is 120 Å². The fourth-order valence-electron chi connectivity index (χ4n) is 4.06. The molecule has 1 aromatic carbocycles. The van der Waals surface area contributed by atoms with Gasteiger partial charge in [-0.3, -0.25) is 0 Å². The van der Waals surface area contributed by atoms with E-state index in [4.69, 9.17) is 0 Å². The number of allylic oxidation sites excluding steroid dienone is 5. The number of benzene rings is 1. The van der Waals surface area contributed by atoms with Crippen molar-refractivity contribution in [3.8, 4) is 0 Å². The van der Waals surface area contributed by atoms with Crippen molar-refractivity contribution in [1.82, 2.24) is 0 Å². The minimum atomic E-state index is -1.56. The minimum absolute atomic E-state index is 0.517. The van der Waals surface area contributed by atoms with E-state index in [0.717, 1.165) is 30.4 Å². The normalized spacial score (nSPS) is 18.8. The van der Waals surface area contributed by atoms with E-state index in [1.165, 1.54) is 57.4 Å². The zero-order chi connectivity index (χ0) is 20.1. The topological polar surface area (TPSA) is 0 Å². The molecule has 1 atom stereocenters. The molecule has 0 bridgehead atoms.